The summed E-state index contributed by atoms with van der Waals surface area (Å²) in [7, 11) is 0. The summed E-state index contributed by atoms with van der Waals surface area (Å²) in [6.07, 6.45) is 3.09. The summed E-state index contributed by atoms with van der Waals surface area (Å²) in [5.41, 5.74) is 7.18. The van der Waals surface area contributed by atoms with Crippen LogP contribution in [0, 0.1) is 11.8 Å². The van der Waals surface area contributed by atoms with Gasteiger partial charge in [0.2, 0.25) is 5.91 Å². The van der Waals surface area contributed by atoms with Gasteiger partial charge in [0, 0.05) is 19.1 Å². The van der Waals surface area contributed by atoms with E-state index in [1.807, 2.05) is 25.1 Å². The summed E-state index contributed by atoms with van der Waals surface area (Å²) in [6.45, 7) is 5.48. The van der Waals surface area contributed by atoms with E-state index in [9.17, 15) is 4.79 Å². The number of carbonyl (C=O) groups excluding carboxylic acids is 1. The molecule has 1 fully saturated rings. The van der Waals surface area contributed by atoms with Crippen LogP contribution in [0.4, 0.5) is 0 Å². The highest BCUT2D eigenvalue weighted by molar-refractivity contribution is 5.85. The predicted molar refractivity (Wildman–Crippen MR) is 95.5 cm³/mol. The molecule has 0 spiro atoms. The van der Waals surface area contributed by atoms with Crippen molar-refractivity contribution in [3.63, 3.8) is 0 Å². The molecular formula is C18H29ClN2O2. The molecule has 0 radical (unpaired) electrons. The third-order valence-corrected chi connectivity index (χ3v) is 4.67. The molecule has 130 valence electrons. The van der Waals surface area contributed by atoms with E-state index in [1.165, 1.54) is 5.56 Å². The van der Waals surface area contributed by atoms with Crippen molar-refractivity contribution in [3.05, 3.63) is 35.9 Å². The van der Waals surface area contributed by atoms with Crippen LogP contribution in [0.25, 0.3) is 0 Å². The Kier molecular flexibility index (Phi) is 8.59. The monoisotopic (exact) mass is 340 g/mol. The Morgan fingerprint density at radius 3 is 2.74 bits per heavy atom. The summed E-state index contributed by atoms with van der Waals surface area (Å²) < 4.78 is 5.96. The molecule has 2 rings (SSSR count). The number of amides is 1. The Balaban J connectivity index is 0.00000264. The molecule has 1 saturated heterocycles. The molecule has 3 N–H and O–H groups in total. The van der Waals surface area contributed by atoms with Crippen LogP contribution in [0.1, 0.15) is 44.8 Å². The second-order valence-corrected chi connectivity index (χ2v) is 6.26. The van der Waals surface area contributed by atoms with Gasteiger partial charge in [-0.2, -0.15) is 0 Å². The Morgan fingerprint density at radius 1 is 1.39 bits per heavy atom. The minimum Gasteiger partial charge on any atom is -0.373 e. The van der Waals surface area contributed by atoms with E-state index < -0.39 is 6.04 Å². The van der Waals surface area contributed by atoms with Crippen LogP contribution in [0.3, 0.4) is 0 Å². The second-order valence-electron chi connectivity index (χ2n) is 6.26. The minimum absolute atomic E-state index is 0. The van der Waals surface area contributed by atoms with Gasteiger partial charge in [-0.3, -0.25) is 4.79 Å². The third-order valence-electron chi connectivity index (χ3n) is 4.67. The summed E-state index contributed by atoms with van der Waals surface area (Å²) >= 11 is 0. The fourth-order valence-electron chi connectivity index (χ4n) is 2.93. The molecule has 1 aliphatic heterocycles. The van der Waals surface area contributed by atoms with E-state index in [0.29, 0.717) is 12.5 Å². The number of carbonyl (C=O) groups is 1. The lowest BCUT2D eigenvalue weighted by atomic mass is 9.89. The fourth-order valence-corrected chi connectivity index (χ4v) is 2.93. The average molecular weight is 341 g/mol. The van der Waals surface area contributed by atoms with Crippen LogP contribution in [-0.2, 0) is 9.53 Å². The van der Waals surface area contributed by atoms with Crippen molar-refractivity contribution < 1.29 is 9.53 Å². The molecule has 23 heavy (non-hydrogen) atoms. The molecule has 0 aromatic heterocycles. The standard InChI is InChI=1S/C18H28N2O2.ClH/c1-3-13(2)16(19)18(21)20-12-15-10-7-11-22-17(15)14-8-5-4-6-9-14;/h4-6,8-9,13,15-17H,3,7,10-12,19H2,1-2H3,(H,20,21);1H. The Morgan fingerprint density at radius 2 is 2.09 bits per heavy atom. The summed E-state index contributed by atoms with van der Waals surface area (Å²) in [5, 5.41) is 3.02. The molecule has 1 heterocycles. The first-order valence-electron chi connectivity index (χ1n) is 8.33. The van der Waals surface area contributed by atoms with Gasteiger partial charge in [-0.25, -0.2) is 0 Å². The SMILES string of the molecule is CCC(C)C(N)C(=O)NCC1CCCOC1c1ccccc1.Cl. The maximum Gasteiger partial charge on any atom is 0.237 e. The van der Waals surface area contributed by atoms with E-state index in [4.69, 9.17) is 10.5 Å². The maximum atomic E-state index is 12.2. The lowest BCUT2D eigenvalue weighted by Gasteiger charge is -2.32. The Bertz CT molecular complexity index is 469. The molecule has 0 bridgehead atoms. The van der Waals surface area contributed by atoms with E-state index >= 15 is 0 Å². The molecule has 1 aliphatic rings. The van der Waals surface area contributed by atoms with E-state index in [1.54, 1.807) is 0 Å². The number of hydrogen-bond donors (Lipinski definition) is 2. The van der Waals surface area contributed by atoms with Crippen molar-refractivity contribution in [1.82, 2.24) is 5.32 Å². The Labute approximate surface area is 145 Å². The summed E-state index contributed by atoms with van der Waals surface area (Å²) in [6, 6.07) is 9.83. The molecule has 5 heteroatoms. The number of rotatable bonds is 6. The first-order chi connectivity index (χ1) is 10.6. The van der Waals surface area contributed by atoms with Crippen molar-refractivity contribution in [2.75, 3.05) is 13.2 Å². The highest BCUT2D eigenvalue weighted by Crippen LogP contribution is 2.33. The van der Waals surface area contributed by atoms with Crippen molar-refractivity contribution in [3.8, 4) is 0 Å². The van der Waals surface area contributed by atoms with E-state index in [2.05, 4.69) is 24.4 Å². The molecule has 1 amide bonds. The highest BCUT2D eigenvalue weighted by Gasteiger charge is 2.28. The zero-order valence-electron chi connectivity index (χ0n) is 14.0. The van der Waals surface area contributed by atoms with Gasteiger partial charge >= 0.3 is 0 Å². The number of nitrogens with one attached hydrogen (secondary N) is 1. The van der Waals surface area contributed by atoms with Crippen LogP contribution < -0.4 is 11.1 Å². The summed E-state index contributed by atoms with van der Waals surface area (Å²) in [5.74, 6) is 0.462. The molecule has 0 saturated carbocycles. The van der Waals surface area contributed by atoms with Crippen LogP contribution in [-0.4, -0.2) is 25.1 Å². The molecule has 4 atom stereocenters. The zero-order valence-corrected chi connectivity index (χ0v) is 14.9. The number of halogens is 1. The molecule has 0 aliphatic carbocycles. The number of hydrogen-bond acceptors (Lipinski definition) is 3. The third kappa shape index (κ3) is 5.48. The van der Waals surface area contributed by atoms with Gasteiger partial charge in [0.05, 0.1) is 12.1 Å². The Hall–Kier alpha value is -1.10. The molecule has 1 aromatic carbocycles. The van der Waals surface area contributed by atoms with Crippen molar-refractivity contribution in [2.45, 2.75) is 45.3 Å². The predicted octanol–water partition coefficient (Wildman–Crippen LogP) is 3.07. The largest absolute Gasteiger partial charge is 0.373 e. The van der Waals surface area contributed by atoms with E-state index in [0.717, 1.165) is 25.9 Å². The van der Waals surface area contributed by atoms with Gasteiger partial charge in [-0.05, 0) is 24.3 Å². The number of benzene rings is 1. The van der Waals surface area contributed by atoms with Crippen LogP contribution >= 0.6 is 12.4 Å². The van der Waals surface area contributed by atoms with Gasteiger partial charge in [-0.15, -0.1) is 12.4 Å². The fraction of sp³-hybridized carbons (Fsp3) is 0.611. The van der Waals surface area contributed by atoms with Crippen LogP contribution in [0.2, 0.25) is 0 Å². The van der Waals surface area contributed by atoms with Crippen molar-refractivity contribution in [2.24, 2.45) is 17.6 Å². The second kappa shape index (κ2) is 9.91. The normalized spacial score (nSPS) is 23.4. The van der Waals surface area contributed by atoms with Crippen LogP contribution in [0.5, 0.6) is 0 Å². The first kappa shape index (κ1) is 19.9. The number of nitrogens with two attached hydrogens (primary N) is 1. The van der Waals surface area contributed by atoms with Crippen molar-refractivity contribution in [1.29, 1.82) is 0 Å². The highest BCUT2D eigenvalue weighted by atomic mass is 35.5. The summed E-state index contributed by atoms with van der Waals surface area (Å²) in [4.78, 5) is 12.2. The van der Waals surface area contributed by atoms with E-state index in [-0.39, 0.29) is 30.3 Å². The van der Waals surface area contributed by atoms with Crippen molar-refractivity contribution >= 4 is 18.3 Å². The van der Waals surface area contributed by atoms with Gasteiger partial charge in [0.1, 0.15) is 0 Å². The lowest BCUT2D eigenvalue weighted by Crippen LogP contribution is -2.46. The first-order valence-corrected chi connectivity index (χ1v) is 8.33. The smallest absolute Gasteiger partial charge is 0.237 e. The van der Waals surface area contributed by atoms with Gasteiger partial charge in [0.25, 0.3) is 0 Å². The van der Waals surface area contributed by atoms with Gasteiger partial charge < -0.3 is 15.8 Å². The molecular weight excluding hydrogens is 312 g/mol. The quantitative estimate of drug-likeness (QED) is 0.836. The maximum absolute atomic E-state index is 12.2. The van der Waals surface area contributed by atoms with Gasteiger partial charge in [0.15, 0.2) is 0 Å². The van der Waals surface area contributed by atoms with Crippen LogP contribution in [0.15, 0.2) is 30.3 Å². The number of ether oxygens (including phenoxy) is 1. The lowest BCUT2D eigenvalue weighted by molar-refractivity contribution is -0.124. The zero-order chi connectivity index (χ0) is 15.9. The average Bonchev–Trinajstić information content (AvgIpc) is 2.59. The molecule has 4 unspecified atom stereocenters. The molecule has 4 nitrogen and oxygen atoms in total. The topological polar surface area (TPSA) is 64.4 Å². The minimum atomic E-state index is -0.426. The molecule has 1 aromatic rings. The van der Waals surface area contributed by atoms with Gasteiger partial charge in [-0.1, -0.05) is 50.6 Å².